The zero-order valence-electron chi connectivity index (χ0n) is 11.7. The second-order valence-corrected chi connectivity index (χ2v) is 5.76. The van der Waals surface area contributed by atoms with Crippen LogP contribution < -0.4 is 4.74 Å². The van der Waals surface area contributed by atoms with E-state index in [1.54, 1.807) is 11.3 Å². The first kappa shape index (κ1) is 14.0. The molecule has 0 saturated heterocycles. The molecule has 1 N–H and O–H groups in total. The first-order valence-corrected chi connectivity index (χ1v) is 7.89. The molecule has 0 saturated carbocycles. The molecule has 0 fully saturated rings. The molecule has 2 aromatic carbocycles. The van der Waals surface area contributed by atoms with Gasteiger partial charge in [0.25, 0.3) is 0 Å². The molecule has 0 radical (unpaired) electrons. The monoisotopic (exact) mass is 299 g/mol. The van der Waals surface area contributed by atoms with Crippen LogP contribution in [-0.4, -0.2) is 16.7 Å². The predicted molar refractivity (Wildman–Crippen MR) is 85.8 cm³/mol. The summed E-state index contributed by atoms with van der Waals surface area (Å²) in [7, 11) is 0. The minimum Gasteiger partial charge on any atom is -0.493 e. The fourth-order valence-corrected chi connectivity index (χ4v) is 3.09. The molecule has 0 atom stereocenters. The van der Waals surface area contributed by atoms with E-state index in [0.29, 0.717) is 6.61 Å². The fraction of sp³-hybridized carbons (Fsp3) is 0.235. The van der Waals surface area contributed by atoms with Gasteiger partial charge >= 0.3 is 0 Å². The van der Waals surface area contributed by atoms with E-state index >= 15 is 0 Å². The zero-order chi connectivity index (χ0) is 14.5. The largest absolute Gasteiger partial charge is 0.493 e. The normalized spacial score (nSPS) is 10.9. The summed E-state index contributed by atoms with van der Waals surface area (Å²) in [5.74, 6) is 0.934. The number of nitrogens with zero attached hydrogens (tertiary/aromatic N) is 1. The SMILES string of the molecule is OCc1csc(CCCOc2cccc3ccccc23)n1. The minimum atomic E-state index is 0.0169. The lowest BCUT2D eigenvalue weighted by atomic mass is 10.1. The van der Waals surface area contributed by atoms with Gasteiger partial charge in [-0.1, -0.05) is 36.4 Å². The summed E-state index contributed by atoms with van der Waals surface area (Å²) in [6, 6.07) is 14.4. The van der Waals surface area contributed by atoms with E-state index < -0.39 is 0 Å². The lowest BCUT2D eigenvalue weighted by Crippen LogP contribution is -2.00. The minimum absolute atomic E-state index is 0.0169. The van der Waals surface area contributed by atoms with Gasteiger partial charge in [0.1, 0.15) is 5.75 Å². The molecule has 3 nitrogen and oxygen atoms in total. The maximum atomic E-state index is 8.99. The molecule has 0 spiro atoms. The van der Waals surface area contributed by atoms with Crippen molar-refractivity contribution in [2.24, 2.45) is 0 Å². The Bertz CT molecular complexity index is 718. The number of aliphatic hydroxyl groups excluding tert-OH is 1. The second-order valence-electron chi connectivity index (χ2n) is 4.82. The summed E-state index contributed by atoms with van der Waals surface area (Å²) in [5, 5.41) is 14.3. The molecule has 0 aliphatic rings. The standard InChI is InChI=1S/C17H17NO2S/c19-11-14-12-21-17(18-14)9-4-10-20-16-8-3-6-13-5-1-2-7-15(13)16/h1-3,5-8,12,19H,4,9-11H2. The molecular weight excluding hydrogens is 282 g/mol. The third-order valence-electron chi connectivity index (χ3n) is 3.30. The molecule has 21 heavy (non-hydrogen) atoms. The van der Waals surface area contributed by atoms with Crippen LogP contribution in [0.25, 0.3) is 10.8 Å². The van der Waals surface area contributed by atoms with Crippen LogP contribution in [0.5, 0.6) is 5.75 Å². The fourth-order valence-electron chi connectivity index (χ4n) is 2.26. The van der Waals surface area contributed by atoms with E-state index in [2.05, 4.69) is 23.2 Å². The van der Waals surface area contributed by atoms with Crippen molar-refractivity contribution in [1.82, 2.24) is 4.98 Å². The number of benzene rings is 2. The molecule has 3 rings (SSSR count). The van der Waals surface area contributed by atoms with Crippen LogP contribution in [0.1, 0.15) is 17.1 Å². The van der Waals surface area contributed by atoms with Crippen LogP contribution in [0.3, 0.4) is 0 Å². The van der Waals surface area contributed by atoms with Gasteiger partial charge in [0.2, 0.25) is 0 Å². The Labute approximate surface area is 127 Å². The Hall–Kier alpha value is -1.91. The molecular formula is C17H17NO2S. The van der Waals surface area contributed by atoms with Gasteiger partial charge in [-0.25, -0.2) is 4.98 Å². The lowest BCUT2D eigenvalue weighted by molar-refractivity contribution is 0.277. The van der Waals surface area contributed by atoms with E-state index in [9.17, 15) is 0 Å². The zero-order valence-corrected chi connectivity index (χ0v) is 12.5. The van der Waals surface area contributed by atoms with Crippen molar-refractivity contribution in [2.45, 2.75) is 19.4 Å². The number of ether oxygens (including phenoxy) is 1. The van der Waals surface area contributed by atoms with E-state index in [-0.39, 0.29) is 6.61 Å². The highest BCUT2D eigenvalue weighted by Gasteiger charge is 2.03. The summed E-state index contributed by atoms with van der Waals surface area (Å²) in [6.45, 7) is 0.686. The third-order valence-corrected chi connectivity index (χ3v) is 4.26. The number of hydrogen-bond acceptors (Lipinski definition) is 4. The van der Waals surface area contributed by atoms with E-state index in [1.165, 1.54) is 5.39 Å². The number of hydrogen-bond donors (Lipinski definition) is 1. The molecule has 0 unspecified atom stereocenters. The summed E-state index contributed by atoms with van der Waals surface area (Å²) >= 11 is 1.60. The van der Waals surface area contributed by atoms with Crippen molar-refractivity contribution >= 4 is 22.1 Å². The van der Waals surface area contributed by atoms with Gasteiger partial charge in [0.15, 0.2) is 0 Å². The third kappa shape index (κ3) is 3.40. The van der Waals surface area contributed by atoms with Crippen LogP contribution in [-0.2, 0) is 13.0 Å². The maximum absolute atomic E-state index is 8.99. The van der Waals surface area contributed by atoms with Gasteiger partial charge in [-0.2, -0.15) is 0 Å². The Morgan fingerprint density at radius 1 is 1.10 bits per heavy atom. The van der Waals surface area contributed by atoms with Crippen LogP contribution in [0.4, 0.5) is 0 Å². The Balaban J connectivity index is 1.57. The van der Waals surface area contributed by atoms with Crippen molar-refractivity contribution in [2.75, 3.05) is 6.61 Å². The topological polar surface area (TPSA) is 42.4 Å². The molecule has 108 valence electrons. The van der Waals surface area contributed by atoms with Gasteiger partial charge in [-0.05, 0) is 17.9 Å². The average molecular weight is 299 g/mol. The van der Waals surface area contributed by atoms with Crippen LogP contribution in [0.2, 0.25) is 0 Å². The van der Waals surface area contributed by atoms with E-state index in [4.69, 9.17) is 9.84 Å². The Morgan fingerprint density at radius 3 is 2.81 bits per heavy atom. The highest BCUT2D eigenvalue weighted by atomic mass is 32.1. The maximum Gasteiger partial charge on any atom is 0.127 e. The molecule has 0 amide bonds. The molecule has 3 aromatic rings. The van der Waals surface area contributed by atoms with Crippen molar-refractivity contribution in [1.29, 1.82) is 0 Å². The van der Waals surface area contributed by atoms with Crippen molar-refractivity contribution < 1.29 is 9.84 Å². The first-order valence-electron chi connectivity index (χ1n) is 7.01. The molecule has 0 aliphatic carbocycles. The van der Waals surface area contributed by atoms with Crippen molar-refractivity contribution in [3.05, 3.63) is 58.5 Å². The number of fused-ring (bicyclic) bond motifs is 1. The Morgan fingerprint density at radius 2 is 1.95 bits per heavy atom. The van der Waals surface area contributed by atoms with Crippen molar-refractivity contribution in [3.8, 4) is 5.75 Å². The summed E-state index contributed by atoms with van der Waals surface area (Å²) < 4.78 is 5.90. The number of aliphatic hydroxyl groups is 1. The quantitative estimate of drug-likeness (QED) is 0.704. The van der Waals surface area contributed by atoms with Crippen LogP contribution in [0.15, 0.2) is 47.8 Å². The van der Waals surface area contributed by atoms with Gasteiger partial charge in [-0.15, -0.1) is 11.3 Å². The molecule has 0 bridgehead atoms. The first-order chi connectivity index (χ1) is 10.4. The number of aromatic nitrogens is 1. The van der Waals surface area contributed by atoms with Crippen LogP contribution >= 0.6 is 11.3 Å². The number of thiazole rings is 1. The highest BCUT2D eigenvalue weighted by Crippen LogP contribution is 2.25. The molecule has 1 aromatic heterocycles. The van der Waals surface area contributed by atoms with E-state index in [0.717, 1.165) is 34.7 Å². The smallest absolute Gasteiger partial charge is 0.127 e. The van der Waals surface area contributed by atoms with Gasteiger partial charge in [-0.3, -0.25) is 0 Å². The summed E-state index contributed by atoms with van der Waals surface area (Å²) in [4.78, 5) is 4.34. The molecule has 0 aliphatic heterocycles. The highest BCUT2D eigenvalue weighted by molar-refractivity contribution is 7.09. The second kappa shape index (κ2) is 6.70. The van der Waals surface area contributed by atoms with Gasteiger partial charge < -0.3 is 9.84 Å². The Kier molecular flexibility index (Phi) is 4.48. The lowest BCUT2D eigenvalue weighted by Gasteiger charge is -2.08. The molecule has 4 heteroatoms. The van der Waals surface area contributed by atoms with Crippen molar-refractivity contribution in [3.63, 3.8) is 0 Å². The van der Waals surface area contributed by atoms with Crippen LogP contribution in [0, 0.1) is 0 Å². The average Bonchev–Trinajstić information content (AvgIpc) is 3.00. The number of aryl methyl sites for hydroxylation is 1. The summed E-state index contributed by atoms with van der Waals surface area (Å²) in [5.41, 5.74) is 0.755. The van der Waals surface area contributed by atoms with E-state index in [1.807, 2.05) is 29.6 Å². The number of rotatable bonds is 6. The van der Waals surface area contributed by atoms with Gasteiger partial charge in [0.05, 0.1) is 23.9 Å². The van der Waals surface area contributed by atoms with Gasteiger partial charge in [0, 0.05) is 17.2 Å². The predicted octanol–water partition coefficient (Wildman–Crippen LogP) is 3.80. The molecule has 1 heterocycles. The summed E-state index contributed by atoms with van der Waals surface area (Å²) in [6.07, 6.45) is 1.80.